The Kier molecular flexibility index (Phi) is 14.8. The van der Waals surface area contributed by atoms with Gasteiger partial charge in [0.15, 0.2) is 0 Å². The molecule has 28 heavy (non-hydrogen) atoms. The molecule has 2 heterocycles. The first-order valence-electron chi connectivity index (χ1n) is 9.84. The molecule has 0 aromatic heterocycles. The number of rotatable bonds is 8. The Balaban J connectivity index is 0.00000243. The van der Waals surface area contributed by atoms with Crippen molar-refractivity contribution >= 4 is 48.8 Å². The van der Waals surface area contributed by atoms with E-state index in [0.29, 0.717) is 12.5 Å². The third-order valence-corrected chi connectivity index (χ3v) is 5.31. The Morgan fingerprint density at radius 3 is 2.39 bits per heavy atom. The van der Waals surface area contributed by atoms with E-state index in [1.165, 1.54) is 12.1 Å². The molecule has 2 saturated heterocycles. The predicted molar refractivity (Wildman–Crippen MR) is 125 cm³/mol. The number of benzene rings is 1. The fourth-order valence-corrected chi connectivity index (χ4v) is 3.78. The van der Waals surface area contributed by atoms with Gasteiger partial charge in [-0.1, -0.05) is 18.2 Å². The standard InChI is InChI=1S/C20H32N4O.3ClH/c25-20(17-18-7-6-11-21-18)22-10-4-5-12-23-13-15-24(16-14-23)19-8-2-1-3-9-19;;;/h1-3,8-9,18,21H,4-7,10-17H2,(H,22,25);3*1H. The molecule has 0 aliphatic carbocycles. The number of amides is 1. The zero-order valence-corrected chi connectivity index (χ0v) is 18.9. The second-order valence-corrected chi connectivity index (χ2v) is 7.22. The number of halogens is 3. The van der Waals surface area contributed by atoms with Gasteiger partial charge in [0.1, 0.15) is 0 Å². The predicted octanol–water partition coefficient (Wildman–Crippen LogP) is 3.11. The van der Waals surface area contributed by atoms with E-state index in [-0.39, 0.29) is 43.1 Å². The fourth-order valence-electron chi connectivity index (χ4n) is 3.78. The molecule has 2 aliphatic rings. The molecule has 8 heteroatoms. The van der Waals surface area contributed by atoms with E-state index in [0.717, 1.165) is 65.1 Å². The van der Waals surface area contributed by atoms with Gasteiger partial charge in [-0.2, -0.15) is 0 Å². The van der Waals surface area contributed by atoms with Gasteiger partial charge in [-0.25, -0.2) is 0 Å². The number of carbonyl (C=O) groups is 1. The lowest BCUT2D eigenvalue weighted by Crippen LogP contribution is -2.46. The van der Waals surface area contributed by atoms with Crippen LogP contribution in [0, 0.1) is 0 Å². The first-order chi connectivity index (χ1) is 12.3. The van der Waals surface area contributed by atoms with Crippen molar-refractivity contribution in [2.75, 3.05) is 50.7 Å². The van der Waals surface area contributed by atoms with Crippen LogP contribution >= 0.6 is 37.2 Å². The Morgan fingerprint density at radius 2 is 1.75 bits per heavy atom. The van der Waals surface area contributed by atoms with Gasteiger partial charge in [-0.05, 0) is 50.9 Å². The highest BCUT2D eigenvalue weighted by molar-refractivity contribution is 5.86. The summed E-state index contributed by atoms with van der Waals surface area (Å²) in [6, 6.07) is 11.1. The summed E-state index contributed by atoms with van der Waals surface area (Å²) in [7, 11) is 0. The molecule has 0 bridgehead atoms. The van der Waals surface area contributed by atoms with E-state index < -0.39 is 0 Å². The molecule has 162 valence electrons. The van der Waals surface area contributed by atoms with Crippen molar-refractivity contribution in [3.8, 4) is 0 Å². The van der Waals surface area contributed by atoms with Crippen molar-refractivity contribution in [1.29, 1.82) is 0 Å². The number of nitrogens with one attached hydrogen (secondary N) is 2. The van der Waals surface area contributed by atoms with Gasteiger partial charge in [-0.3, -0.25) is 9.69 Å². The molecule has 2 fully saturated rings. The Morgan fingerprint density at radius 1 is 1.04 bits per heavy atom. The fraction of sp³-hybridized carbons (Fsp3) is 0.650. The molecular weight excluding hydrogens is 419 g/mol. The SMILES string of the molecule is Cl.Cl.Cl.O=C(CC1CCCN1)NCCCCN1CCN(c2ccccc2)CC1. The smallest absolute Gasteiger partial charge is 0.221 e. The molecule has 0 saturated carbocycles. The summed E-state index contributed by atoms with van der Waals surface area (Å²) in [5, 5.41) is 6.45. The average molecular weight is 454 g/mol. The van der Waals surface area contributed by atoms with Gasteiger partial charge in [0.2, 0.25) is 5.91 Å². The van der Waals surface area contributed by atoms with Crippen molar-refractivity contribution in [2.45, 2.75) is 38.1 Å². The van der Waals surface area contributed by atoms with E-state index in [4.69, 9.17) is 0 Å². The van der Waals surface area contributed by atoms with Crippen LogP contribution in [0.25, 0.3) is 0 Å². The van der Waals surface area contributed by atoms with Crippen molar-refractivity contribution < 1.29 is 4.79 Å². The van der Waals surface area contributed by atoms with Crippen molar-refractivity contribution in [3.63, 3.8) is 0 Å². The molecule has 1 amide bonds. The van der Waals surface area contributed by atoms with E-state index in [1.54, 1.807) is 0 Å². The molecule has 0 radical (unpaired) electrons. The van der Waals surface area contributed by atoms with Gasteiger partial charge in [0.05, 0.1) is 0 Å². The van der Waals surface area contributed by atoms with Crippen molar-refractivity contribution in [3.05, 3.63) is 30.3 Å². The summed E-state index contributed by atoms with van der Waals surface area (Å²) in [5.41, 5.74) is 1.33. The molecule has 1 aromatic carbocycles. The van der Waals surface area contributed by atoms with Crippen LogP contribution in [0.5, 0.6) is 0 Å². The Bertz CT molecular complexity index is 521. The first kappa shape index (κ1) is 27.3. The van der Waals surface area contributed by atoms with Crippen LogP contribution in [0.2, 0.25) is 0 Å². The number of anilines is 1. The topological polar surface area (TPSA) is 47.6 Å². The van der Waals surface area contributed by atoms with Gasteiger partial charge >= 0.3 is 0 Å². The van der Waals surface area contributed by atoms with Crippen LogP contribution in [0.4, 0.5) is 5.69 Å². The summed E-state index contributed by atoms with van der Waals surface area (Å²) in [6.45, 7) is 7.50. The lowest BCUT2D eigenvalue weighted by molar-refractivity contribution is -0.121. The average Bonchev–Trinajstić information content (AvgIpc) is 3.15. The number of nitrogens with zero attached hydrogens (tertiary/aromatic N) is 2. The van der Waals surface area contributed by atoms with Gasteiger partial charge in [-0.15, -0.1) is 37.2 Å². The number of carbonyl (C=O) groups excluding carboxylic acids is 1. The number of hydrogen-bond donors (Lipinski definition) is 2. The second-order valence-electron chi connectivity index (χ2n) is 7.22. The van der Waals surface area contributed by atoms with E-state index in [1.807, 2.05) is 0 Å². The number of para-hydroxylation sites is 1. The van der Waals surface area contributed by atoms with Crippen LogP contribution in [0.1, 0.15) is 32.1 Å². The number of unbranched alkanes of at least 4 members (excludes halogenated alkanes) is 1. The minimum absolute atomic E-state index is 0. The van der Waals surface area contributed by atoms with Crippen LogP contribution < -0.4 is 15.5 Å². The highest BCUT2D eigenvalue weighted by Crippen LogP contribution is 2.15. The summed E-state index contributed by atoms with van der Waals surface area (Å²) in [4.78, 5) is 16.9. The maximum Gasteiger partial charge on any atom is 0.221 e. The molecule has 1 aromatic rings. The molecule has 1 atom stereocenters. The zero-order chi connectivity index (χ0) is 17.3. The lowest BCUT2D eigenvalue weighted by Gasteiger charge is -2.36. The molecule has 2 aliphatic heterocycles. The van der Waals surface area contributed by atoms with Crippen LogP contribution in [0.15, 0.2) is 30.3 Å². The quantitative estimate of drug-likeness (QED) is 0.594. The zero-order valence-electron chi connectivity index (χ0n) is 16.5. The van der Waals surface area contributed by atoms with Crippen molar-refractivity contribution in [2.24, 2.45) is 0 Å². The van der Waals surface area contributed by atoms with E-state index >= 15 is 0 Å². The Hall–Kier alpha value is -0.720. The molecule has 1 unspecified atom stereocenters. The summed E-state index contributed by atoms with van der Waals surface area (Å²) >= 11 is 0. The second kappa shape index (κ2) is 15.2. The van der Waals surface area contributed by atoms with E-state index in [9.17, 15) is 4.79 Å². The maximum absolute atomic E-state index is 11.9. The van der Waals surface area contributed by atoms with Crippen molar-refractivity contribution in [1.82, 2.24) is 15.5 Å². The van der Waals surface area contributed by atoms with Crippen LogP contribution in [0.3, 0.4) is 0 Å². The summed E-state index contributed by atoms with van der Waals surface area (Å²) < 4.78 is 0. The molecule has 0 spiro atoms. The van der Waals surface area contributed by atoms with Crippen LogP contribution in [-0.2, 0) is 4.79 Å². The maximum atomic E-state index is 11.9. The Labute approximate surface area is 188 Å². The lowest BCUT2D eigenvalue weighted by atomic mass is 10.1. The van der Waals surface area contributed by atoms with E-state index in [2.05, 4.69) is 50.8 Å². The summed E-state index contributed by atoms with van der Waals surface area (Å²) in [6.07, 6.45) is 5.22. The number of piperazine rings is 1. The molecule has 5 nitrogen and oxygen atoms in total. The number of hydrogen-bond acceptors (Lipinski definition) is 4. The minimum atomic E-state index is 0. The van der Waals surface area contributed by atoms with Gasteiger partial charge in [0.25, 0.3) is 0 Å². The monoisotopic (exact) mass is 452 g/mol. The normalized spacial score (nSPS) is 19.1. The minimum Gasteiger partial charge on any atom is -0.369 e. The molecule has 3 rings (SSSR count). The largest absolute Gasteiger partial charge is 0.369 e. The molecular formula is C20H35Cl3N4O. The molecule has 2 N–H and O–H groups in total. The van der Waals surface area contributed by atoms with Gasteiger partial charge in [0, 0.05) is 50.9 Å². The van der Waals surface area contributed by atoms with Gasteiger partial charge < -0.3 is 15.5 Å². The van der Waals surface area contributed by atoms with Crippen LogP contribution in [-0.4, -0.2) is 62.7 Å². The third kappa shape index (κ3) is 9.19. The summed E-state index contributed by atoms with van der Waals surface area (Å²) in [5.74, 6) is 0.205. The highest BCUT2D eigenvalue weighted by atomic mass is 35.5. The third-order valence-electron chi connectivity index (χ3n) is 5.31. The first-order valence-corrected chi connectivity index (χ1v) is 9.84. The highest BCUT2D eigenvalue weighted by Gasteiger charge is 2.18.